The van der Waals surface area contributed by atoms with Gasteiger partial charge in [0.25, 0.3) is 0 Å². The van der Waals surface area contributed by atoms with Crippen LogP contribution in [0, 0.1) is 0 Å². The molecule has 9 heteroatoms. The first kappa shape index (κ1) is 13.9. The summed E-state index contributed by atoms with van der Waals surface area (Å²) < 4.78 is 59.3. The van der Waals surface area contributed by atoms with Crippen molar-refractivity contribution < 1.29 is 36.1 Å². The molecule has 1 aromatic rings. The molecule has 0 spiro atoms. The van der Waals surface area contributed by atoms with Crippen LogP contribution in [0.5, 0.6) is 0 Å². The third kappa shape index (κ3) is 15.7. The molecule has 0 fully saturated rings. The molecule has 90 valence electrons. The molecule has 0 atom stereocenters. The fraction of sp³-hybridized carbons (Fsp3) is 0. The van der Waals surface area contributed by atoms with E-state index >= 15 is 0 Å². The second kappa shape index (κ2) is 3.22. The summed E-state index contributed by atoms with van der Waals surface area (Å²) in [4.78, 5) is 0. The van der Waals surface area contributed by atoms with E-state index in [1.165, 1.54) is 0 Å². The van der Waals surface area contributed by atoms with E-state index in [1.54, 1.807) is 0 Å². The van der Waals surface area contributed by atoms with E-state index < -0.39 is 8.63 Å². The van der Waals surface area contributed by atoms with Crippen LogP contribution in [0.2, 0.25) is 0 Å². The maximum atomic E-state index is 9.88. The van der Waals surface area contributed by atoms with E-state index in [2.05, 4.69) is 11.5 Å². The van der Waals surface area contributed by atoms with Crippen LogP contribution >= 0.6 is 0 Å². The van der Waals surface area contributed by atoms with Crippen molar-refractivity contribution in [2.24, 2.45) is 0 Å². The molecule has 0 saturated carbocycles. The molecule has 0 aromatic heterocycles. The van der Waals surface area contributed by atoms with E-state index in [4.69, 9.17) is 0 Å². The second-order valence-corrected chi connectivity index (χ2v) is 4.98. The van der Waals surface area contributed by atoms with E-state index in [1.807, 2.05) is 24.3 Å². The Balaban J connectivity index is 0.000000265. The number of benzene rings is 1. The first-order valence-electron chi connectivity index (χ1n) is 3.67. The number of halogens is 6. The Bertz CT molecular complexity index is 312. The van der Waals surface area contributed by atoms with Crippen LogP contribution in [0.4, 0.5) is 36.0 Å². The molecular weight excluding hydrogens is 242 g/mol. The van der Waals surface area contributed by atoms with Gasteiger partial charge in [0.2, 0.25) is 0 Å². The van der Waals surface area contributed by atoms with Crippen LogP contribution in [0.15, 0.2) is 24.3 Å². The Morgan fingerprint density at radius 3 is 1.07 bits per heavy atom. The normalized spacial score (nSPS) is 15.7. The molecule has 1 rings (SSSR count). The van der Waals surface area contributed by atoms with E-state index in [9.17, 15) is 24.6 Å². The third-order valence-electron chi connectivity index (χ3n) is 1.12. The fourth-order valence-electron chi connectivity index (χ4n) is 0.557. The van der Waals surface area contributed by atoms with Crippen molar-refractivity contribution in [3.8, 4) is 0 Å². The molecule has 0 aliphatic heterocycles. The standard InChI is InChI=1S/C6H8N2.F6Si/c7-5-3-1-2-4-6(5)8;1-7(2,3,4,5)6/h1-4H,7-8H2;/q;-2/p+2. The van der Waals surface area contributed by atoms with Gasteiger partial charge in [-0.25, -0.2) is 0 Å². The maximum Gasteiger partial charge on any atom is 0.189 e. The SMILES string of the molecule is F[Si-2](F)(F)(F)(F)F.[NH3+]c1ccccc1[NH3+]. The summed E-state index contributed by atoms with van der Waals surface area (Å²) in [6.45, 7) is 0. The van der Waals surface area contributed by atoms with Crippen molar-refractivity contribution >= 4 is 20.0 Å². The van der Waals surface area contributed by atoms with E-state index in [-0.39, 0.29) is 0 Å². The van der Waals surface area contributed by atoms with Gasteiger partial charge in [0.1, 0.15) is 0 Å². The van der Waals surface area contributed by atoms with Gasteiger partial charge < -0.3 is 11.5 Å². The van der Waals surface area contributed by atoms with Crippen molar-refractivity contribution in [3.63, 3.8) is 0 Å². The van der Waals surface area contributed by atoms with Crippen molar-refractivity contribution in [1.82, 2.24) is 0 Å². The minimum absolute atomic E-state index is 1.01. The molecule has 1 aromatic carbocycles. The van der Waals surface area contributed by atoms with Gasteiger partial charge in [-0.3, -0.25) is 0 Å². The average Bonchev–Trinajstić information content (AvgIpc) is 1.88. The van der Waals surface area contributed by atoms with Gasteiger partial charge in [0, 0.05) is 12.1 Å². The molecule has 2 nitrogen and oxygen atoms in total. The van der Waals surface area contributed by atoms with Crippen LogP contribution in [0.3, 0.4) is 0 Å². The Kier molecular flexibility index (Phi) is 2.99. The smallest absolute Gasteiger partial charge is 0.189 e. The molecule has 0 aliphatic rings. The molecule has 0 saturated heterocycles. The van der Waals surface area contributed by atoms with Crippen LogP contribution in [0.25, 0.3) is 0 Å². The van der Waals surface area contributed by atoms with Crippen molar-refractivity contribution in [1.29, 1.82) is 0 Å². The summed E-state index contributed by atoms with van der Waals surface area (Å²) in [5.74, 6) is 0. The van der Waals surface area contributed by atoms with Gasteiger partial charge >= 0.3 is 33.3 Å². The van der Waals surface area contributed by atoms with Crippen molar-refractivity contribution in [3.05, 3.63) is 24.3 Å². The minimum atomic E-state index is -10.8. The van der Waals surface area contributed by atoms with Gasteiger partial charge in [0.05, 0.1) is 0 Å². The summed E-state index contributed by atoms with van der Waals surface area (Å²) in [7, 11) is -10.8. The van der Waals surface area contributed by atoms with Gasteiger partial charge in [-0.1, -0.05) is 12.1 Å². The maximum absolute atomic E-state index is 10.8. The molecule has 0 unspecified atom stereocenters. The zero-order valence-corrected chi connectivity index (χ0v) is 8.49. The largest absolute Gasteiger partial charge is 0.320 e. The van der Waals surface area contributed by atoms with Crippen LogP contribution in [-0.4, -0.2) is 8.63 Å². The van der Waals surface area contributed by atoms with Gasteiger partial charge in [-0.15, -0.1) is 0 Å². The summed E-state index contributed by atoms with van der Waals surface area (Å²) in [5.41, 5.74) is 9.53. The molecule has 0 amide bonds. The van der Waals surface area contributed by atoms with Gasteiger partial charge in [0.15, 0.2) is 11.4 Å². The second-order valence-electron chi connectivity index (χ2n) is 2.84. The Morgan fingerprint density at radius 1 is 0.733 bits per heavy atom. The Labute approximate surface area is 81.3 Å². The zero-order chi connectivity index (χ0) is 12.4. The summed E-state index contributed by atoms with van der Waals surface area (Å²) >= 11 is 0. The molecule has 6 N–H and O–H groups in total. The first-order valence-corrected chi connectivity index (χ1v) is 5.94. The third-order valence-corrected chi connectivity index (χ3v) is 1.12. The predicted molar refractivity (Wildman–Crippen MR) is 43.9 cm³/mol. The number of hydrogen-bond acceptors (Lipinski definition) is 0. The topological polar surface area (TPSA) is 55.3 Å². The van der Waals surface area contributed by atoms with Crippen LogP contribution in [0.1, 0.15) is 0 Å². The molecular formula is C6H10F6N2Si. The van der Waals surface area contributed by atoms with Crippen molar-refractivity contribution in [2.45, 2.75) is 0 Å². The quantitative estimate of drug-likeness (QED) is 0.400. The number of quaternary nitrogens is 2. The fourth-order valence-corrected chi connectivity index (χ4v) is 0.557. The minimum Gasteiger partial charge on any atom is -0.320 e. The number of hydrogen-bond donors (Lipinski definition) is 2. The van der Waals surface area contributed by atoms with Crippen LogP contribution in [-0.2, 0) is 0 Å². The van der Waals surface area contributed by atoms with E-state index in [0.29, 0.717) is 0 Å². The summed E-state index contributed by atoms with van der Waals surface area (Å²) in [6, 6.07) is 7.80. The molecule has 0 heterocycles. The molecule has 0 bridgehead atoms. The van der Waals surface area contributed by atoms with Crippen LogP contribution < -0.4 is 11.5 Å². The Hall–Kier alpha value is -1.06. The first-order chi connectivity index (χ1) is 6.25. The van der Waals surface area contributed by atoms with E-state index in [0.717, 1.165) is 11.4 Å². The monoisotopic (exact) mass is 252 g/mol. The number of rotatable bonds is 0. The van der Waals surface area contributed by atoms with Crippen molar-refractivity contribution in [2.75, 3.05) is 0 Å². The predicted octanol–water partition coefficient (Wildman–Crippen LogP) is 1.57. The van der Waals surface area contributed by atoms with Gasteiger partial charge in [-0.05, 0) is 0 Å². The van der Waals surface area contributed by atoms with Gasteiger partial charge in [-0.2, -0.15) is 0 Å². The molecule has 0 aliphatic carbocycles. The average molecular weight is 252 g/mol. The Morgan fingerprint density at radius 2 is 0.933 bits per heavy atom. The zero-order valence-electron chi connectivity index (χ0n) is 7.49. The molecule has 0 radical (unpaired) electrons. The summed E-state index contributed by atoms with van der Waals surface area (Å²) in [5, 5.41) is 0. The molecule has 15 heavy (non-hydrogen) atoms. The summed E-state index contributed by atoms with van der Waals surface area (Å²) in [6.07, 6.45) is 0.